The van der Waals surface area contributed by atoms with Gasteiger partial charge in [0, 0.05) is 38.1 Å². The number of aromatic amines is 1. The van der Waals surface area contributed by atoms with Gasteiger partial charge in [-0.2, -0.15) is 0 Å². The van der Waals surface area contributed by atoms with Crippen LogP contribution in [0.5, 0.6) is 5.75 Å². The third kappa shape index (κ3) is 2.82. The van der Waals surface area contributed by atoms with Crippen LogP contribution in [0.15, 0.2) is 36.9 Å². The molecular formula is C19H23N5O. The minimum absolute atomic E-state index is 0.122. The van der Waals surface area contributed by atoms with Crippen LogP contribution in [0.3, 0.4) is 0 Å². The molecule has 0 spiro atoms. The van der Waals surface area contributed by atoms with Crippen molar-refractivity contribution < 1.29 is 4.74 Å². The third-order valence-corrected chi connectivity index (χ3v) is 5.02. The molecule has 1 aromatic carbocycles. The first kappa shape index (κ1) is 15.9. The summed E-state index contributed by atoms with van der Waals surface area (Å²) in [6.07, 6.45) is 6.63. The molecule has 0 aliphatic carbocycles. The normalized spacial score (nSPS) is 17.5. The van der Waals surface area contributed by atoms with Gasteiger partial charge >= 0.3 is 0 Å². The van der Waals surface area contributed by atoms with Gasteiger partial charge in [0.25, 0.3) is 0 Å². The molecule has 0 unspecified atom stereocenters. The lowest BCUT2D eigenvalue weighted by Crippen LogP contribution is -2.36. The number of fused-ring (bicyclic) bond motifs is 1. The quantitative estimate of drug-likeness (QED) is 0.795. The lowest BCUT2D eigenvalue weighted by atomic mass is 9.94. The summed E-state index contributed by atoms with van der Waals surface area (Å²) in [6, 6.07) is 6.52. The highest BCUT2D eigenvalue weighted by molar-refractivity contribution is 5.41. The highest BCUT2D eigenvalue weighted by Gasteiger charge is 2.31. The van der Waals surface area contributed by atoms with Gasteiger partial charge in [-0.05, 0) is 24.1 Å². The molecule has 3 heterocycles. The minimum atomic E-state index is 0.122. The average molecular weight is 337 g/mol. The van der Waals surface area contributed by atoms with Gasteiger partial charge in [0.2, 0.25) is 0 Å². The molecule has 0 fully saturated rings. The topological polar surface area (TPSA) is 59.0 Å². The van der Waals surface area contributed by atoms with Gasteiger partial charge in [0.1, 0.15) is 11.6 Å². The Morgan fingerprint density at radius 3 is 2.92 bits per heavy atom. The molecule has 1 atom stereocenters. The maximum Gasteiger partial charge on any atom is 0.122 e. The van der Waals surface area contributed by atoms with E-state index in [1.165, 1.54) is 11.3 Å². The number of benzene rings is 1. The number of aromatic nitrogens is 4. The highest BCUT2D eigenvalue weighted by atomic mass is 16.5. The number of H-pyrrole nitrogens is 1. The van der Waals surface area contributed by atoms with E-state index < -0.39 is 0 Å². The van der Waals surface area contributed by atoms with Crippen molar-refractivity contribution in [3.63, 3.8) is 0 Å². The lowest BCUT2D eigenvalue weighted by Gasteiger charge is -2.35. The van der Waals surface area contributed by atoms with Gasteiger partial charge in [-0.3, -0.25) is 4.90 Å². The molecule has 2 aromatic heterocycles. The summed E-state index contributed by atoms with van der Waals surface area (Å²) in [5.74, 6) is 1.98. The summed E-state index contributed by atoms with van der Waals surface area (Å²) in [7, 11) is 3.75. The number of imidazole rings is 2. The fraction of sp³-hybridized carbons (Fsp3) is 0.368. The lowest BCUT2D eigenvalue weighted by molar-refractivity contribution is 0.193. The molecule has 4 rings (SSSR count). The molecule has 0 bridgehead atoms. The molecular weight excluding hydrogens is 314 g/mol. The summed E-state index contributed by atoms with van der Waals surface area (Å²) in [5.41, 5.74) is 4.72. The number of nitrogens with one attached hydrogen (secondary N) is 1. The number of ether oxygens (including phenoxy) is 1. The van der Waals surface area contributed by atoms with Crippen molar-refractivity contribution in [2.24, 2.45) is 7.05 Å². The molecule has 0 amide bonds. The zero-order chi connectivity index (χ0) is 17.4. The van der Waals surface area contributed by atoms with Gasteiger partial charge in [-0.25, -0.2) is 9.97 Å². The van der Waals surface area contributed by atoms with E-state index in [4.69, 9.17) is 4.74 Å². The van der Waals surface area contributed by atoms with Gasteiger partial charge in [0.05, 0.1) is 31.7 Å². The van der Waals surface area contributed by atoms with Crippen molar-refractivity contribution in [1.29, 1.82) is 0 Å². The van der Waals surface area contributed by atoms with Gasteiger partial charge in [-0.15, -0.1) is 0 Å². The summed E-state index contributed by atoms with van der Waals surface area (Å²) in [5, 5.41) is 0. The molecule has 25 heavy (non-hydrogen) atoms. The fourth-order valence-electron chi connectivity index (χ4n) is 3.67. The van der Waals surface area contributed by atoms with Gasteiger partial charge < -0.3 is 14.3 Å². The molecule has 6 nitrogen and oxygen atoms in total. The Hall–Kier alpha value is -2.60. The Labute approximate surface area is 147 Å². The van der Waals surface area contributed by atoms with E-state index in [1.54, 1.807) is 13.4 Å². The predicted molar refractivity (Wildman–Crippen MR) is 95.5 cm³/mol. The molecule has 6 heteroatoms. The number of rotatable bonds is 4. The summed E-state index contributed by atoms with van der Waals surface area (Å²) in [6.45, 7) is 3.85. The second-order valence-electron chi connectivity index (χ2n) is 6.57. The van der Waals surface area contributed by atoms with E-state index in [0.717, 1.165) is 42.3 Å². The van der Waals surface area contributed by atoms with Crippen LogP contribution in [0.2, 0.25) is 0 Å². The molecule has 0 saturated carbocycles. The van der Waals surface area contributed by atoms with Crippen LogP contribution in [0.1, 0.15) is 34.4 Å². The largest absolute Gasteiger partial charge is 0.496 e. The zero-order valence-electron chi connectivity index (χ0n) is 14.9. The Bertz CT molecular complexity index is 882. The Kier molecular flexibility index (Phi) is 4.05. The van der Waals surface area contributed by atoms with Crippen LogP contribution in [0, 0.1) is 6.92 Å². The van der Waals surface area contributed by atoms with Crippen molar-refractivity contribution in [3.8, 4) is 5.75 Å². The van der Waals surface area contributed by atoms with Crippen LogP contribution >= 0.6 is 0 Å². The van der Waals surface area contributed by atoms with E-state index in [-0.39, 0.29) is 6.04 Å². The maximum absolute atomic E-state index is 5.42. The number of aryl methyl sites for hydroxylation is 2. The van der Waals surface area contributed by atoms with Gasteiger partial charge in [0.15, 0.2) is 0 Å². The number of nitrogens with zero attached hydrogens (tertiary/aromatic N) is 4. The van der Waals surface area contributed by atoms with Crippen LogP contribution in [-0.2, 0) is 20.0 Å². The summed E-state index contributed by atoms with van der Waals surface area (Å²) in [4.78, 5) is 14.9. The van der Waals surface area contributed by atoms with Crippen molar-refractivity contribution in [2.75, 3.05) is 13.7 Å². The minimum Gasteiger partial charge on any atom is -0.496 e. The van der Waals surface area contributed by atoms with E-state index >= 15 is 0 Å². The van der Waals surface area contributed by atoms with Crippen molar-refractivity contribution in [1.82, 2.24) is 24.4 Å². The Morgan fingerprint density at radius 2 is 2.20 bits per heavy atom. The first-order chi connectivity index (χ1) is 12.2. The number of hydrogen-bond acceptors (Lipinski definition) is 4. The SMILES string of the molecule is COc1ccc([C@H]2c3nc[nH]c3CCN2Cc2nccn2C)cc1C. The van der Waals surface area contributed by atoms with Crippen LogP contribution < -0.4 is 4.74 Å². The van der Waals surface area contributed by atoms with E-state index in [9.17, 15) is 0 Å². The molecule has 3 aromatic rings. The average Bonchev–Trinajstić information content (AvgIpc) is 3.24. The van der Waals surface area contributed by atoms with Crippen molar-refractivity contribution in [2.45, 2.75) is 25.9 Å². The van der Waals surface area contributed by atoms with E-state index in [2.05, 4.69) is 43.5 Å². The van der Waals surface area contributed by atoms with Crippen LogP contribution in [0.4, 0.5) is 0 Å². The molecule has 1 N–H and O–H groups in total. The molecule has 1 aliphatic rings. The van der Waals surface area contributed by atoms with E-state index in [1.807, 2.05) is 25.5 Å². The van der Waals surface area contributed by atoms with Crippen molar-refractivity contribution in [3.05, 3.63) is 65.3 Å². The van der Waals surface area contributed by atoms with Crippen LogP contribution in [-0.4, -0.2) is 38.1 Å². The first-order valence-electron chi connectivity index (χ1n) is 8.54. The summed E-state index contributed by atoms with van der Waals surface area (Å²) >= 11 is 0. The van der Waals surface area contributed by atoms with Crippen LogP contribution in [0.25, 0.3) is 0 Å². The molecule has 1 aliphatic heterocycles. The Balaban J connectivity index is 1.74. The molecule has 0 radical (unpaired) electrons. The molecule has 0 saturated heterocycles. The second-order valence-corrected chi connectivity index (χ2v) is 6.57. The maximum atomic E-state index is 5.42. The fourth-order valence-corrected chi connectivity index (χ4v) is 3.67. The highest BCUT2D eigenvalue weighted by Crippen LogP contribution is 2.35. The Morgan fingerprint density at radius 1 is 1.32 bits per heavy atom. The zero-order valence-corrected chi connectivity index (χ0v) is 14.9. The third-order valence-electron chi connectivity index (χ3n) is 5.02. The number of methoxy groups -OCH3 is 1. The second kappa shape index (κ2) is 6.37. The smallest absolute Gasteiger partial charge is 0.122 e. The molecule has 130 valence electrons. The summed E-state index contributed by atoms with van der Waals surface area (Å²) < 4.78 is 7.50. The van der Waals surface area contributed by atoms with Gasteiger partial charge in [-0.1, -0.05) is 12.1 Å². The first-order valence-corrected chi connectivity index (χ1v) is 8.54. The monoisotopic (exact) mass is 337 g/mol. The standard InChI is InChI=1S/C19H23N5O/c1-13-10-14(4-5-16(13)25-3)19-18-15(21-12-22-18)6-8-24(19)11-17-20-7-9-23(17)2/h4-5,7,9-10,12,19H,6,8,11H2,1-3H3,(H,21,22)/t19-/m0/s1. The van der Waals surface area contributed by atoms with Crippen molar-refractivity contribution >= 4 is 0 Å². The van der Waals surface area contributed by atoms with E-state index in [0.29, 0.717) is 0 Å². The number of hydrogen-bond donors (Lipinski definition) is 1. The predicted octanol–water partition coefficient (Wildman–Crippen LogP) is 2.61.